The van der Waals surface area contributed by atoms with Crippen molar-refractivity contribution in [1.29, 1.82) is 0 Å². The first-order valence-corrected chi connectivity index (χ1v) is 6.08. The molecule has 0 unspecified atom stereocenters. The second-order valence-corrected chi connectivity index (χ2v) is 5.73. The van der Waals surface area contributed by atoms with E-state index in [1.807, 2.05) is 20.8 Å². The zero-order valence-electron chi connectivity index (χ0n) is 10.6. The molecule has 0 saturated heterocycles. The molecule has 94 valence electrons. The molecule has 16 heavy (non-hydrogen) atoms. The van der Waals surface area contributed by atoms with Crippen molar-refractivity contribution in [3.8, 4) is 0 Å². The molecule has 0 spiro atoms. The fourth-order valence-corrected chi connectivity index (χ4v) is 2.63. The molecule has 0 aromatic carbocycles. The minimum atomic E-state index is -0.802. The van der Waals surface area contributed by atoms with Crippen molar-refractivity contribution in [2.75, 3.05) is 6.54 Å². The largest absolute Gasteiger partial charge is 0.465 e. The first-order chi connectivity index (χ1) is 7.36. The minimum absolute atomic E-state index is 0.167. The molecule has 1 aliphatic rings. The first kappa shape index (κ1) is 13.3. The number of nitrogens with zero attached hydrogens (tertiary/aromatic N) is 1. The van der Waals surface area contributed by atoms with Crippen molar-refractivity contribution in [2.45, 2.75) is 58.0 Å². The molecule has 4 nitrogen and oxygen atoms in total. The van der Waals surface area contributed by atoms with E-state index in [0.29, 0.717) is 5.92 Å². The highest BCUT2D eigenvalue weighted by Gasteiger charge is 2.35. The minimum Gasteiger partial charge on any atom is -0.465 e. The summed E-state index contributed by atoms with van der Waals surface area (Å²) in [6, 6.07) is 0.167. The van der Waals surface area contributed by atoms with E-state index in [-0.39, 0.29) is 11.6 Å². The van der Waals surface area contributed by atoms with Gasteiger partial charge in [0.2, 0.25) is 0 Å². The van der Waals surface area contributed by atoms with Crippen LogP contribution in [0.25, 0.3) is 0 Å². The van der Waals surface area contributed by atoms with Crippen LogP contribution in [-0.2, 0) is 0 Å². The van der Waals surface area contributed by atoms with E-state index in [0.717, 1.165) is 32.2 Å². The van der Waals surface area contributed by atoms with Gasteiger partial charge in [-0.3, -0.25) is 0 Å². The lowest BCUT2D eigenvalue weighted by Gasteiger charge is -2.42. The molecule has 1 fully saturated rings. The number of carboxylic acid groups (broad SMARTS) is 1. The molecule has 1 amide bonds. The van der Waals surface area contributed by atoms with Gasteiger partial charge in [-0.15, -0.1) is 0 Å². The summed E-state index contributed by atoms with van der Waals surface area (Å²) < 4.78 is 0. The Morgan fingerprint density at radius 1 is 1.31 bits per heavy atom. The van der Waals surface area contributed by atoms with Gasteiger partial charge in [-0.1, -0.05) is 0 Å². The number of nitrogens with two attached hydrogens (primary N) is 1. The molecule has 0 heterocycles. The van der Waals surface area contributed by atoms with Crippen LogP contribution in [0.3, 0.4) is 0 Å². The van der Waals surface area contributed by atoms with E-state index in [2.05, 4.69) is 0 Å². The summed E-state index contributed by atoms with van der Waals surface area (Å²) in [4.78, 5) is 12.9. The van der Waals surface area contributed by atoms with Crippen molar-refractivity contribution in [1.82, 2.24) is 4.90 Å². The smallest absolute Gasteiger partial charge is 0.407 e. The SMILES string of the molecule is CC(C)(C)N(C(=O)O)C1CCC(CN)CC1. The topological polar surface area (TPSA) is 66.6 Å². The Morgan fingerprint density at radius 3 is 2.12 bits per heavy atom. The van der Waals surface area contributed by atoms with E-state index >= 15 is 0 Å². The Labute approximate surface area is 97.8 Å². The molecule has 0 bridgehead atoms. The monoisotopic (exact) mass is 228 g/mol. The van der Waals surface area contributed by atoms with Crippen LogP contribution in [0, 0.1) is 5.92 Å². The van der Waals surface area contributed by atoms with Crippen LogP contribution in [0.15, 0.2) is 0 Å². The highest BCUT2D eigenvalue weighted by atomic mass is 16.4. The summed E-state index contributed by atoms with van der Waals surface area (Å²) >= 11 is 0. The number of amides is 1. The van der Waals surface area contributed by atoms with Gasteiger partial charge in [-0.25, -0.2) is 4.79 Å². The van der Waals surface area contributed by atoms with Gasteiger partial charge in [-0.2, -0.15) is 0 Å². The zero-order valence-corrected chi connectivity index (χ0v) is 10.6. The standard InChI is InChI=1S/C12H24N2O2/c1-12(2,3)14(11(15)16)10-6-4-9(8-13)5-7-10/h9-10H,4-8,13H2,1-3H3,(H,15,16). The summed E-state index contributed by atoms with van der Waals surface area (Å²) in [5.41, 5.74) is 5.33. The third-order valence-corrected chi connectivity index (χ3v) is 3.44. The third kappa shape index (κ3) is 3.11. The van der Waals surface area contributed by atoms with Gasteiger partial charge in [-0.05, 0) is 58.9 Å². The van der Waals surface area contributed by atoms with E-state index in [4.69, 9.17) is 5.73 Å². The molecular formula is C12H24N2O2. The van der Waals surface area contributed by atoms with Crippen molar-refractivity contribution in [2.24, 2.45) is 11.7 Å². The Morgan fingerprint density at radius 2 is 1.81 bits per heavy atom. The van der Waals surface area contributed by atoms with Crippen LogP contribution < -0.4 is 5.73 Å². The molecule has 0 aromatic heterocycles. The maximum Gasteiger partial charge on any atom is 0.407 e. The molecule has 0 aromatic rings. The molecule has 4 heteroatoms. The van der Waals surface area contributed by atoms with Crippen molar-refractivity contribution < 1.29 is 9.90 Å². The van der Waals surface area contributed by atoms with Crippen LogP contribution in [0.4, 0.5) is 4.79 Å². The van der Waals surface area contributed by atoms with Crippen molar-refractivity contribution >= 4 is 6.09 Å². The number of hydrogen-bond acceptors (Lipinski definition) is 2. The molecular weight excluding hydrogens is 204 g/mol. The summed E-state index contributed by atoms with van der Waals surface area (Å²) in [6.45, 7) is 6.59. The quantitative estimate of drug-likeness (QED) is 0.762. The summed E-state index contributed by atoms with van der Waals surface area (Å²) in [5.74, 6) is 0.590. The van der Waals surface area contributed by atoms with Crippen LogP contribution in [-0.4, -0.2) is 34.2 Å². The Bertz CT molecular complexity index is 240. The lowest BCUT2D eigenvalue weighted by molar-refractivity contribution is 0.0510. The van der Waals surface area contributed by atoms with Gasteiger partial charge < -0.3 is 15.7 Å². The van der Waals surface area contributed by atoms with Gasteiger partial charge in [0.15, 0.2) is 0 Å². The number of hydrogen-bond donors (Lipinski definition) is 2. The number of rotatable bonds is 2. The summed E-state index contributed by atoms with van der Waals surface area (Å²) in [7, 11) is 0. The lowest BCUT2D eigenvalue weighted by Crippen LogP contribution is -2.52. The number of carbonyl (C=O) groups is 1. The molecule has 0 aliphatic heterocycles. The van der Waals surface area contributed by atoms with Gasteiger partial charge in [0.05, 0.1) is 0 Å². The average Bonchev–Trinajstić information content (AvgIpc) is 2.16. The highest BCUT2D eigenvalue weighted by molar-refractivity contribution is 5.66. The fraction of sp³-hybridized carbons (Fsp3) is 0.917. The lowest BCUT2D eigenvalue weighted by atomic mass is 9.84. The van der Waals surface area contributed by atoms with E-state index in [1.165, 1.54) is 0 Å². The van der Waals surface area contributed by atoms with Gasteiger partial charge in [0.25, 0.3) is 0 Å². The van der Waals surface area contributed by atoms with Crippen molar-refractivity contribution in [3.63, 3.8) is 0 Å². The second kappa shape index (κ2) is 5.04. The normalized spacial score (nSPS) is 26.5. The predicted octanol–water partition coefficient (Wildman–Crippen LogP) is 2.28. The first-order valence-electron chi connectivity index (χ1n) is 6.08. The van der Waals surface area contributed by atoms with Crippen molar-refractivity contribution in [3.05, 3.63) is 0 Å². The molecule has 1 rings (SSSR count). The Balaban J connectivity index is 2.65. The van der Waals surface area contributed by atoms with E-state index < -0.39 is 6.09 Å². The van der Waals surface area contributed by atoms with E-state index in [9.17, 15) is 9.90 Å². The van der Waals surface area contributed by atoms with Crippen LogP contribution in [0.1, 0.15) is 46.5 Å². The Kier molecular flexibility index (Phi) is 4.19. The Hall–Kier alpha value is -0.770. The molecule has 1 saturated carbocycles. The zero-order chi connectivity index (χ0) is 12.3. The average molecular weight is 228 g/mol. The van der Waals surface area contributed by atoms with Gasteiger partial charge >= 0.3 is 6.09 Å². The molecule has 1 aliphatic carbocycles. The third-order valence-electron chi connectivity index (χ3n) is 3.44. The van der Waals surface area contributed by atoms with Crippen LogP contribution >= 0.6 is 0 Å². The van der Waals surface area contributed by atoms with Crippen LogP contribution in [0.5, 0.6) is 0 Å². The maximum absolute atomic E-state index is 11.3. The molecule has 0 radical (unpaired) electrons. The fourth-order valence-electron chi connectivity index (χ4n) is 2.63. The van der Waals surface area contributed by atoms with E-state index in [1.54, 1.807) is 4.90 Å². The van der Waals surface area contributed by atoms with Crippen LogP contribution in [0.2, 0.25) is 0 Å². The molecule has 3 N–H and O–H groups in total. The second-order valence-electron chi connectivity index (χ2n) is 5.73. The maximum atomic E-state index is 11.3. The summed E-state index contributed by atoms with van der Waals surface area (Å²) in [6.07, 6.45) is 3.21. The predicted molar refractivity (Wildman–Crippen MR) is 64.4 cm³/mol. The van der Waals surface area contributed by atoms with Gasteiger partial charge in [0, 0.05) is 11.6 Å². The van der Waals surface area contributed by atoms with Gasteiger partial charge in [0.1, 0.15) is 0 Å². The summed E-state index contributed by atoms with van der Waals surface area (Å²) in [5, 5.41) is 9.29. The molecule has 0 atom stereocenters. The highest BCUT2D eigenvalue weighted by Crippen LogP contribution is 2.30.